The van der Waals surface area contributed by atoms with Gasteiger partial charge in [-0.2, -0.15) is 0 Å². The minimum Gasteiger partial charge on any atom is -0.463 e. The summed E-state index contributed by atoms with van der Waals surface area (Å²) in [6, 6.07) is 5.47. The maximum atomic E-state index is 13.6. The molecule has 5 heterocycles. The number of pyridine rings is 1. The van der Waals surface area contributed by atoms with Crippen LogP contribution in [0, 0.1) is 5.41 Å². The van der Waals surface area contributed by atoms with Crippen LogP contribution in [0.4, 0.5) is 0 Å². The number of piperidine rings is 1. The molecule has 7 nitrogen and oxygen atoms in total. The largest absolute Gasteiger partial charge is 0.463 e. The SMILES string of the molecule is CC(C)c1noc2nc(-c3ccco3)cc(C(=O)N3CCC4(CCNC4)CC3)c12.Cl. The number of nitrogens with one attached hydrogen (secondary N) is 1. The van der Waals surface area contributed by atoms with E-state index in [1.807, 2.05) is 36.9 Å². The molecular formula is C22H27ClN4O3. The standard InChI is InChI=1S/C22H26N4O3.ClH/c1-14(2)19-18-15(12-16(17-4-3-11-28-17)24-20(18)29-25-19)21(27)26-9-6-22(7-10-26)5-8-23-13-22;/h3-4,11-12,14,23H,5-10,13H2,1-2H3;1H. The molecule has 3 aromatic rings. The average molecular weight is 431 g/mol. The van der Waals surface area contributed by atoms with Gasteiger partial charge in [0.15, 0.2) is 5.76 Å². The van der Waals surface area contributed by atoms with Gasteiger partial charge in [0, 0.05) is 19.6 Å². The highest BCUT2D eigenvalue weighted by Crippen LogP contribution is 2.38. The average Bonchev–Trinajstić information content (AvgIpc) is 3.48. The highest BCUT2D eigenvalue weighted by atomic mass is 35.5. The molecule has 30 heavy (non-hydrogen) atoms. The third kappa shape index (κ3) is 3.50. The van der Waals surface area contributed by atoms with Crippen molar-refractivity contribution in [1.82, 2.24) is 20.4 Å². The molecule has 2 aliphatic rings. The van der Waals surface area contributed by atoms with E-state index in [9.17, 15) is 4.79 Å². The molecular weight excluding hydrogens is 404 g/mol. The van der Waals surface area contributed by atoms with Crippen LogP contribution < -0.4 is 5.32 Å². The first-order chi connectivity index (χ1) is 14.1. The number of fused-ring (bicyclic) bond motifs is 1. The van der Waals surface area contributed by atoms with E-state index in [2.05, 4.69) is 15.5 Å². The Morgan fingerprint density at radius 2 is 2.07 bits per heavy atom. The molecule has 1 amide bonds. The number of aromatic nitrogens is 2. The Morgan fingerprint density at radius 3 is 2.70 bits per heavy atom. The summed E-state index contributed by atoms with van der Waals surface area (Å²) in [4.78, 5) is 20.1. The highest BCUT2D eigenvalue weighted by Gasteiger charge is 2.38. The van der Waals surface area contributed by atoms with Gasteiger partial charge in [0.05, 0.1) is 22.9 Å². The van der Waals surface area contributed by atoms with Crippen LogP contribution in [-0.2, 0) is 0 Å². The van der Waals surface area contributed by atoms with Crippen LogP contribution in [0.3, 0.4) is 0 Å². The summed E-state index contributed by atoms with van der Waals surface area (Å²) < 4.78 is 11.0. The first kappa shape index (κ1) is 20.9. The predicted molar refractivity (Wildman–Crippen MR) is 116 cm³/mol. The third-order valence-corrected chi connectivity index (χ3v) is 6.47. The molecule has 0 aliphatic carbocycles. The van der Waals surface area contributed by atoms with Crippen molar-refractivity contribution in [3.05, 3.63) is 35.7 Å². The second-order valence-corrected chi connectivity index (χ2v) is 8.65. The minimum absolute atomic E-state index is 0. The normalized spacial score (nSPS) is 18.3. The number of nitrogens with zero attached hydrogens (tertiary/aromatic N) is 3. The summed E-state index contributed by atoms with van der Waals surface area (Å²) >= 11 is 0. The molecule has 2 aliphatic heterocycles. The number of likely N-dealkylation sites (tertiary alicyclic amines) is 1. The highest BCUT2D eigenvalue weighted by molar-refractivity contribution is 6.07. The fraction of sp³-hybridized carbons (Fsp3) is 0.500. The molecule has 0 saturated carbocycles. The van der Waals surface area contributed by atoms with Crippen LogP contribution in [0.5, 0.6) is 0 Å². The molecule has 0 radical (unpaired) electrons. The van der Waals surface area contributed by atoms with Crippen molar-refractivity contribution in [2.45, 2.75) is 39.0 Å². The van der Waals surface area contributed by atoms with E-state index in [0.29, 0.717) is 28.1 Å². The zero-order valence-corrected chi connectivity index (χ0v) is 18.1. The Kier molecular flexibility index (Phi) is 5.59. The molecule has 1 spiro atoms. The first-order valence-electron chi connectivity index (χ1n) is 10.4. The van der Waals surface area contributed by atoms with Gasteiger partial charge < -0.3 is 19.2 Å². The fourth-order valence-electron chi connectivity index (χ4n) is 4.66. The van der Waals surface area contributed by atoms with Crippen molar-refractivity contribution < 1.29 is 13.7 Å². The fourth-order valence-corrected chi connectivity index (χ4v) is 4.66. The number of carbonyl (C=O) groups excluding carboxylic acids is 1. The summed E-state index contributed by atoms with van der Waals surface area (Å²) in [6.45, 7) is 7.81. The van der Waals surface area contributed by atoms with Gasteiger partial charge in [0.2, 0.25) is 0 Å². The van der Waals surface area contributed by atoms with Gasteiger partial charge in [0.25, 0.3) is 11.6 Å². The molecule has 0 aromatic carbocycles. The Hall–Kier alpha value is -2.38. The van der Waals surface area contributed by atoms with Crippen molar-refractivity contribution in [3.63, 3.8) is 0 Å². The number of hydrogen-bond acceptors (Lipinski definition) is 6. The number of hydrogen-bond donors (Lipinski definition) is 1. The van der Waals surface area contributed by atoms with Crippen LogP contribution in [-0.4, -0.2) is 47.1 Å². The van der Waals surface area contributed by atoms with Crippen LogP contribution in [0.2, 0.25) is 0 Å². The molecule has 8 heteroatoms. The molecule has 0 bridgehead atoms. The zero-order valence-electron chi connectivity index (χ0n) is 17.3. The van der Waals surface area contributed by atoms with Gasteiger partial charge in [0.1, 0.15) is 5.69 Å². The lowest BCUT2D eigenvalue weighted by Crippen LogP contribution is -2.44. The van der Waals surface area contributed by atoms with Crippen LogP contribution in [0.1, 0.15) is 55.1 Å². The lowest BCUT2D eigenvalue weighted by atomic mass is 9.77. The lowest BCUT2D eigenvalue weighted by molar-refractivity contribution is 0.0609. The first-order valence-corrected chi connectivity index (χ1v) is 10.4. The van der Waals surface area contributed by atoms with E-state index in [0.717, 1.165) is 50.1 Å². The van der Waals surface area contributed by atoms with Gasteiger partial charge in [-0.15, -0.1) is 12.4 Å². The maximum Gasteiger partial charge on any atom is 0.259 e. The second kappa shape index (κ2) is 8.04. The number of rotatable bonds is 3. The molecule has 5 rings (SSSR count). The van der Waals surface area contributed by atoms with Crippen LogP contribution in [0.15, 0.2) is 33.4 Å². The van der Waals surface area contributed by atoms with Gasteiger partial charge in [-0.3, -0.25) is 4.79 Å². The van der Waals surface area contributed by atoms with Gasteiger partial charge in [-0.05, 0) is 55.3 Å². The maximum absolute atomic E-state index is 13.6. The summed E-state index contributed by atoms with van der Waals surface area (Å²) in [5.74, 6) is 0.766. The van der Waals surface area contributed by atoms with E-state index >= 15 is 0 Å². The van der Waals surface area contributed by atoms with Gasteiger partial charge in [-0.1, -0.05) is 19.0 Å². The van der Waals surface area contributed by atoms with E-state index in [1.54, 1.807) is 6.26 Å². The van der Waals surface area contributed by atoms with Gasteiger partial charge >= 0.3 is 0 Å². The summed E-state index contributed by atoms with van der Waals surface area (Å²) in [7, 11) is 0. The summed E-state index contributed by atoms with van der Waals surface area (Å²) in [5.41, 5.74) is 2.72. The summed E-state index contributed by atoms with van der Waals surface area (Å²) in [6.07, 6.45) is 4.90. The third-order valence-electron chi connectivity index (χ3n) is 6.47. The van der Waals surface area contributed by atoms with E-state index in [1.165, 1.54) is 6.42 Å². The van der Waals surface area contributed by atoms with Crippen LogP contribution >= 0.6 is 12.4 Å². The van der Waals surface area contributed by atoms with Crippen molar-refractivity contribution >= 4 is 29.4 Å². The zero-order chi connectivity index (χ0) is 20.0. The molecule has 3 aromatic heterocycles. The Morgan fingerprint density at radius 1 is 1.27 bits per heavy atom. The number of carbonyl (C=O) groups is 1. The molecule has 2 saturated heterocycles. The van der Waals surface area contributed by atoms with E-state index in [-0.39, 0.29) is 24.2 Å². The molecule has 0 unspecified atom stereocenters. The molecule has 2 fully saturated rings. The lowest BCUT2D eigenvalue weighted by Gasteiger charge is -2.39. The van der Waals surface area contributed by atoms with Crippen molar-refractivity contribution in [2.24, 2.45) is 5.41 Å². The molecule has 160 valence electrons. The Labute approximate surface area is 181 Å². The Bertz CT molecular complexity index is 1030. The molecule has 1 N–H and O–H groups in total. The topological polar surface area (TPSA) is 84.4 Å². The predicted octanol–water partition coefficient (Wildman–Crippen LogP) is 4.24. The smallest absolute Gasteiger partial charge is 0.259 e. The van der Waals surface area contributed by atoms with E-state index in [4.69, 9.17) is 8.94 Å². The minimum atomic E-state index is 0. The van der Waals surface area contributed by atoms with Crippen molar-refractivity contribution in [3.8, 4) is 11.5 Å². The number of amides is 1. The quantitative estimate of drug-likeness (QED) is 0.668. The van der Waals surface area contributed by atoms with E-state index < -0.39 is 0 Å². The van der Waals surface area contributed by atoms with Crippen molar-refractivity contribution in [1.29, 1.82) is 0 Å². The molecule has 0 atom stereocenters. The second-order valence-electron chi connectivity index (χ2n) is 8.65. The Balaban J connectivity index is 0.00000218. The van der Waals surface area contributed by atoms with Crippen molar-refractivity contribution in [2.75, 3.05) is 26.2 Å². The number of furan rings is 1. The monoisotopic (exact) mass is 430 g/mol. The van der Waals surface area contributed by atoms with Gasteiger partial charge in [-0.25, -0.2) is 4.98 Å². The number of halogens is 1. The summed E-state index contributed by atoms with van der Waals surface area (Å²) in [5, 5.41) is 8.42. The van der Waals surface area contributed by atoms with Crippen LogP contribution in [0.25, 0.3) is 22.6 Å².